The van der Waals surface area contributed by atoms with Crippen molar-refractivity contribution >= 4 is 17.4 Å². The number of benzene rings is 2. The first-order valence-corrected chi connectivity index (χ1v) is 7.03. The van der Waals surface area contributed by atoms with Gasteiger partial charge in [-0.1, -0.05) is 23.4 Å². The predicted octanol–water partition coefficient (Wildman–Crippen LogP) is 4.83. The number of hydrogen-bond donors (Lipinski definition) is 0. The van der Waals surface area contributed by atoms with Crippen molar-refractivity contribution in [2.24, 2.45) is 0 Å². The summed E-state index contributed by atoms with van der Waals surface area (Å²) in [6, 6.07) is 9.23. The normalized spacial score (nSPS) is 10.5. The van der Waals surface area contributed by atoms with Crippen molar-refractivity contribution in [3.05, 3.63) is 69.2 Å². The van der Waals surface area contributed by atoms with Crippen LogP contribution in [0.25, 0.3) is 0 Å². The third-order valence-corrected chi connectivity index (χ3v) is 3.42. The summed E-state index contributed by atoms with van der Waals surface area (Å²) in [5.41, 5.74) is 0.359. The van der Waals surface area contributed by atoms with Gasteiger partial charge in [-0.15, -0.1) is 0 Å². The van der Waals surface area contributed by atoms with Crippen molar-refractivity contribution in [3.8, 4) is 17.9 Å². The Morgan fingerprint density at radius 3 is 2.29 bits per heavy atom. The number of nitriles is 1. The fraction of sp³-hybridized carbons (Fsp3) is 0.111. The first-order valence-electron chi connectivity index (χ1n) is 6.65. The number of rotatable bonds is 1. The molecule has 2 aromatic carbocycles. The standard InChI is InChI=1S/C18H9ClF3NO/c1-11(24)15-7-12(6-13(8-15)10-23)2-3-14-4-5-16(9-17(14)19)18(20,21)22/h4-9H,1H3. The number of nitrogens with zero attached hydrogens (tertiary/aromatic N) is 1. The third-order valence-electron chi connectivity index (χ3n) is 3.11. The highest BCUT2D eigenvalue weighted by Crippen LogP contribution is 2.31. The van der Waals surface area contributed by atoms with Crippen molar-refractivity contribution in [1.82, 2.24) is 0 Å². The predicted molar refractivity (Wildman–Crippen MR) is 83.6 cm³/mol. The number of carbonyl (C=O) groups excluding carboxylic acids is 1. The molecule has 0 atom stereocenters. The van der Waals surface area contributed by atoms with E-state index >= 15 is 0 Å². The molecule has 0 unspecified atom stereocenters. The minimum absolute atomic E-state index is 0.124. The highest BCUT2D eigenvalue weighted by atomic mass is 35.5. The lowest BCUT2D eigenvalue weighted by atomic mass is 10.0. The maximum Gasteiger partial charge on any atom is 0.416 e. The van der Waals surface area contributed by atoms with Gasteiger partial charge in [0.15, 0.2) is 5.78 Å². The molecule has 0 aliphatic carbocycles. The Kier molecular flexibility index (Phi) is 4.97. The maximum absolute atomic E-state index is 12.6. The molecule has 0 spiro atoms. The zero-order chi connectivity index (χ0) is 17.9. The van der Waals surface area contributed by atoms with Crippen LogP contribution in [0.2, 0.25) is 5.02 Å². The molecular formula is C18H9ClF3NO. The number of Topliss-reactive ketones (excluding diaryl/α,β-unsaturated/α-hetero) is 1. The number of hydrogen-bond acceptors (Lipinski definition) is 2. The highest BCUT2D eigenvalue weighted by molar-refractivity contribution is 6.31. The van der Waals surface area contributed by atoms with E-state index in [1.54, 1.807) is 0 Å². The summed E-state index contributed by atoms with van der Waals surface area (Å²) < 4.78 is 37.8. The first-order chi connectivity index (χ1) is 11.2. The van der Waals surface area contributed by atoms with E-state index in [4.69, 9.17) is 16.9 Å². The second-order valence-corrected chi connectivity index (χ2v) is 5.32. The molecule has 0 heterocycles. The van der Waals surface area contributed by atoms with Crippen molar-refractivity contribution in [3.63, 3.8) is 0 Å². The fourth-order valence-corrected chi connectivity index (χ4v) is 2.13. The van der Waals surface area contributed by atoms with Crippen LogP contribution in [-0.2, 0) is 6.18 Å². The molecule has 0 aliphatic rings. The van der Waals surface area contributed by atoms with Gasteiger partial charge in [-0.05, 0) is 43.3 Å². The topological polar surface area (TPSA) is 40.9 Å². The second-order valence-electron chi connectivity index (χ2n) is 4.91. The molecule has 0 aromatic heterocycles. The minimum Gasteiger partial charge on any atom is -0.295 e. The molecule has 0 saturated heterocycles. The van der Waals surface area contributed by atoms with Gasteiger partial charge >= 0.3 is 6.18 Å². The van der Waals surface area contributed by atoms with Gasteiger partial charge in [-0.3, -0.25) is 4.79 Å². The molecule has 0 radical (unpaired) electrons. The smallest absolute Gasteiger partial charge is 0.295 e. The lowest BCUT2D eigenvalue weighted by Gasteiger charge is -2.07. The van der Waals surface area contributed by atoms with Crippen molar-refractivity contribution in [2.45, 2.75) is 13.1 Å². The monoisotopic (exact) mass is 347 g/mol. The number of alkyl halides is 3. The number of carbonyl (C=O) groups is 1. The Labute approximate surface area is 141 Å². The van der Waals surface area contributed by atoms with Gasteiger partial charge in [-0.25, -0.2) is 0 Å². The van der Waals surface area contributed by atoms with E-state index in [9.17, 15) is 18.0 Å². The quantitative estimate of drug-likeness (QED) is 0.547. The zero-order valence-corrected chi connectivity index (χ0v) is 13.1. The molecule has 6 heteroatoms. The van der Waals surface area contributed by atoms with Crippen LogP contribution in [0.3, 0.4) is 0 Å². The number of ketones is 1. The Balaban J connectivity index is 2.42. The Morgan fingerprint density at radius 1 is 1.08 bits per heavy atom. The summed E-state index contributed by atoms with van der Waals surface area (Å²) in [6.07, 6.45) is -4.48. The van der Waals surface area contributed by atoms with Gasteiger partial charge in [0.1, 0.15) is 0 Å². The second kappa shape index (κ2) is 6.78. The Morgan fingerprint density at radius 2 is 1.75 bits per heavy atom. The van der Waals surface area contributed by atoms with Crippen LogP contribution < -0.4 is 0 Å². The minimum atomic E-state index is -4.48. The lowest BCUT2D eigenvalue weighted by Crippen LogP contribution is -2.04. The summed E-state index contributed by atoms with van der Waals surface area (Å²) in [7, 11) is 0. The van der Waals surface area contributed by atoms with Crippen molar-refractivity contribution in [1.29, 1.82) is 5.26 Å². The van der Waals surface area contributed by atoms with E-state index in [0.29, 0.717) is 11.1 Å². The zero-order valence-electron chi connectivity index (χ0n) is 12.3. The van der Waals surface area contributed by atoms with Gasteiger partial charge in [-0.2, -0.15) is 18.4 Å². The summed E-state index contributed by atoms with van der Waals surface area (Å²) in [5, 5.41) is 8.84. The molecule has 0 amide bonds. The van der Waals surface area contributed by atoms with Crippen LogP contribution in [-0.4, -0.2) is 5.78 Å². The molecule has 2 rings (SSSR count). The molecular weight excluding hydrogens is 339 g/mol. The van der Waals surface area contributed by atoms with Crippen molar-refractivity contribution in [2.75, 3.05) is 0 Å². The van der Waals surface area contributed by atoms with Gasteiger partial charge in [0.05, 0.1) is 22.2 Å². The van der Waals surface area contributed by atoms with E-state index in [2.05, 4.69) is 11.8 Å². The number of halogens is 4. The van der Waals surface area contributed by atoms with Gasteiger partial charge in [0.2, 0.25) is 0 Å². The van der Waals surface area contributed by atoms with Crippen LogP contribution in [0.5, 0.6) is 0 Å². The van der Waals surface area contributed by atoms with Crippen LogP contribution in [0.4, 0.5) is 13.2 Å². The largest absolute Gasteiger partial charge is 0.416 e. The summed E-state index contributed by atoms with van der Waals surface area (Å²) in [6.45, 7) is 1.36. The molecule has 0 N–H and O–H groups in total. The molecule has 120 valence electrons. The van der Waals surface area contributed by atoms with E-state index < -0.39 is 11.7 Å². The summed E-state index contributed by atoms with van der Waals surface area (Å²) in [4.78, 5) is 11.4. The summed E-state index contributed by atoms with van der Waals surface area (Å²) in [5.74, 6) is 5.15. The van der Waals surface area contributed by atoms with E-state index in [0.717, 1.165) is 12.1 Å². The van der Waals surface area contributed by atoms with E-state index in [-0.39, 0.29) is 21.9 Å². The molecule has 0 aliphatic heterocycles. The molecule has 24 heavy (non-hydrogen) atoms. The molecule has 0 fully saturated rings. The van der Waals surface area contributed by atoms with Gasteiger partial charge in [0, 0.05) is 16.7 Å². The molecule has 2 aromatic rings. The lowest BCUT2D eigenvalue weighted by molar-refractivity contribution is -0.137. The van der Waals surface area contributed by atoms with E-state index in [1.807, 2.05) is 6.07 Å². The van der Waals surface area contributed by atoms with Crippen LogP contribution in [0, 0.1) is 23.2 Å². The average molecular weight is 348 g/mol. The Hall–Kier alpha value is -2.76. The third kappa shape index (κ3) is 4.16. The molecule has 0 bridgehead atoms. The maximum atomic E-state index is 12.6. The highest BCUT2D eigenvalue weighted by Gasteiger charge is 2.30. The first kappa shape index (κ1) is 17.6. The summed E-state index contributed by atoms with van der Waals surface area (Å²) >= 11 is 5.83. The van der Waals surface area contributed by atoms with Gasteiger partial charge in [0.25, 0.3) is 0 Å². The van der Waals surface area contributed by atoms with Crippen LogP contribution in [0.1, 0.15) is 39.5 Å². The van der Waals surface area contributed by atoms with Gasteiger partial charge < -0.3 is 0 Å². The molecule has 2 nitrogen and oxygen atoms in total. The van der Waals surface area contributed by atoms with Crippen LogP contribution >= 0.6 is 11.6 Å². The fourth-order valence-electron chi connectivity index (χ4n) is 1.90. The van der Waals surface area contributed by atoms with Crippen molar-refractivity contribution < 1.29 is 18.0 Å². The Bertz CT molecular complexity index is 915. The van der Waals surface area contributed by atoms with E-state index in [1.165, 1.54) is 31.2 Å². The SMILES string of the molecule is CC(=O)c1cc(C#N)cc(C#Cc2ccc(C(F)(F)F)cc2Cl)c1. The molecule has 0 saturated carbocycles. The average Bonchev–Trinajstić information content (AvgIpc) is 2.52. The van der Waals surface area contributed by atoms with Crippen LogP contribution in [0.15, 0.2) is 36.4 Å².